The van der Waals surface area contributed by atoms with Gasteiger partial charge in [-0.15, -0.1) is 11.5 Å². The molecule has 0 atom stereocenters. The first-order valence-electron chi connectivity index (χ1n) is 4.98. The second-order valence-corrected chi connectivity index (χ2v) is 3.72. The standard InChI is InChI=1S/C9H15BF3/c11-10(12,13)8-9-6-4-2-1-3-5-7-9/h8H,1-7H2/q-1. The third kappa shape index (κ3) is 5.01. The van der Waals surface area contributed by atoms with E-state index in [1.54, 1.807) is 0 Å². The van der Waals surface area contributed by atoms with Gasteiger partial charge in [-0.1, -0.05) is 19.3 Å². The summed E-state index contributed by atoms with van der Waals surface area (Å²) in [6, 6.07) is 0. The van der Waals surface area contributed by atoms with Crippen LogP contribution in [0.4, 0.5) is 12.9 Å². The fraction of sp³-hybridized carbons (Fsp3) is 0.778. The van der Waals surface area contributed by atoms with Crippen LogP contribution in [0.5, 0.6) is 0 Å². The maximum atomic E-state index is 12.1. The van der Waals surface area contributed by atoms with Gasteiger partial charge in [-0.2, -0.15) is 0 Å². The Bertz CT molecular complexity index is 174. The Morgan fingerprint density at radius 2 is 1.31 bits per heavy atom. The number of halogens is 3. The van der Waals surface area contributed by atoms with E-state index in [0.29, 0.717) is 24.4 Å². The highest BCUT2D eigenvalue weighted by Gasteiger charge is 2.19. The van der Waals surface area contributed by atoms with Gasteiger partial charge in [-0.25, -0.2) is 0 Å². The molecule has 0 heterocycles. The molecule has 0 nitrogen and oxygen atoms in total. The van der Waals surface area contributed by atoms with E-state index in [1.165, 1.54) is 6.42 Å². The van der Waals surface area contributed by atoms with E-state index in [1.807, 2.05) is 0 Å². The van der Waals surface area contributed by atoms with Gasteiger partial charge in [0.05, 0.1) is 0 Å². The molecular weight excluding hydrogens is 176 g/mol. The summed E-state index contributed by atoms with van der Waals surface area (Å²) in [6.07, 6.45) is 6.52. The van der Waals surface area contributed by atoms with Crippen LogP contribution in [0.25, 0.3) is 0 Å². The van der Waals surface area contributed by atoms with Gasteiger partial charge >= 0.3 is 6.98 Å². The average Bonchev–Trinajstić information content (AvgIpc) is 1.92. The Balaban J connectivity index is 2.50. The van der Waals surface area contributed by atoms with Crippen molar-refractivity contribution in [3.8, 4) is 0 Å². The molecule has 0 aromatic rings. The molecule has 4 heteroatoms. The summed E-state index contributed by atoms with van der Waals surface area (Å²) < 4.78 is 36.2. The highest BCUT2D eigenvalue weighted by molar-refractivity contribution is 6.64. The van der Waals surface area contributed by atoms with Crippen molar-refractivity contribution >= 4 is 6.98 Å². The molecule has 0 bridgehead atoms. The summed E-state index contributed by atoms with van der Waals surface area (Å²) in [5.41, 5.74) is 0.618. The average molecular weight is 191 g/mol. The molecule has 0 aliphatic heterocycles. The maximum Gasteiger partial charge on any atom is 0.502 e. The molecule has 0 aromatic heterocycles. The van der Waals surface area contributed by atoms with Gasteiger partial charge in [0.15, 0.2) is 0 Å². The first-order chi connectivity index (χ1) is 6.08. The van der Waals surface area contributed by atoms with Crippen LogP contribution in [-0.2, 0) is 0 Å². The maximum absolute atomic E-state index is 12.1. The second-order valence-electron chi connectivity index (χ2n) is 3.72. The number of hydrogen-bond donors (Lipinski definition) is 0. The molecule has 0 amide bonds. The Hall–Kier alpha value is -0.405. The minimum absolute atomic E-state index is 0.561. The predicted octanol–water partition coefficient (Wildman–Crippen LogP) is 4.04. The van der Waals surface area contributed by atoms with Crippen LogP contribution < -0.4 is 0 Å². The lowest BCUT2D eigenvalue weighted by Gasteiger charge is -2.16. The van der Waals surface area contributed by atoms with Gasteiger partial charge in [-0.3, -0.25) is 0 Å². The molecule has 0 aromatic carbocycles. The molecular formula is C9H15BF3-. The number of hydrogen-bond acceptors (Lipinski definition) is 0. The van der Waals surface area contributed by atoms with Crippen molar-refractivity contribution in [2.45, 2.75) is 44.9 Å². The molecule has 13 heavy (non-hydrogen) atoms. The largest absolute Gasteiger partial charge is 0.502 e. The predicted molar refractivity (Wildman–Crippen MR) is 49.5 cm³/mol. The molecule has 1 aliphatic rings. The van der Waals surface area contributed by atoms with Crippen LogP contribution in [0, 0.1) is 0 Å². The zero-order valence-corrected chi connectivity index (χ0v) is 7.74. The normalized spacial score (nSPS) is 20.7. The monoisotopic (exact) mass is 191 g/mol. The van der Waals surface area contributed by atoms with Crippen LogP contribution in [0.15, 0.2) is 11.5 Å². The quantitative estimate of drug-likeness (QED) is 0.548. The minimum atomic E-state index is -4.71. The first kappa shape index (κ1) is 10.7. The topological polar surface area (TPSA) is 0 Å². The summed E-state index contributed by atoms with van der Waals surface area (Å²) in [5, 5.41) is 0. The highest BCUT2D eigenvalue weighted by Crippen LogP contribution is 2.24. The summed E-state index contributed by atoms with van der Waals surface area (Å²) in [5.74, 6) is 0.561. The van der Waals surface area contributed by atoms with Gasteiger partial charge < -0.3 is 12.9 Å². The van der Waals surface area contributed by atoms with Crippen LogP contribution in [0.3, 0.4) is 0 Å². The van der Waals surface area contributed by atoms with Crippen LogP contribution in [-0.4, -0.2) is 6.98 Å². The zero-order valence-electron chi connectivity index (χ0n) is 7.74. The number of rotatable bonds is 1. The number of allylic oxidation sites excluding steroid dienone is 1. The lowest BCUT2D eigenvalue weighted by Crippen LogP contribution is -2.12. The summed E-state index contributed by atoms with van der Waals surface area (Å²) >= 11 is 0. The van der Waals surface area contributed by atoms with Crippen molar-refractivity contribution in [3.63, 3.8) is 0 Å². The van der Waals surface area contributed by atoms with Crippen molar-refractivity contribution < 1.29 is 12.9 Å². The van der Waals surface area contributed by atoms with Crippen molar-refractivity contribution in [3.05, 3.63) is 11.5 Å². The molecule has 1 saturated carbocycles. The van der Waals surface area contributed by atoms with E-state index in [9.17, 15) is 12.9 Å². The van der Waals surface area contributed by atoms with Gasteiger partial charge in [0.2, 0.25) is 0 Å². The lowest BCUT2D eigenvalue weighted by atomic mass is 9.84. The molecule has 0 saturated heterocycles. The smallest absolute Gasteiger partial charge is 0.445 e. The molecule has 1 aliphatic carbocycles. The van der Waals surface area contributed by atoms with E-state index in [-0.39, 0.29) is 0 Å². The van der Waals surface area contributed by atoms with Gasteiger partial charge in [0, 0.05) is 0 Å². The van der Waals surface area contributed by atoms with Crippen molar-refractivity contribution in [1.29, 1.82) is 0 Å². The second kappa shape index (κ2) is 4.73. The van der Waals surface area contributed by atoms with Crippen molar-refractivity contribution in [2.75, 3.05) is 0 Å². The van der Waals surface area contributed by atoms with E-state index in [2.05, 4.69) is 0 Å². The highest BCUT2D eigenvalue weighted by atomic mass is 19.4. The third-order valence-corrected chi connectivity index (χ3v) is 2.42. The van der Waals surface area contributed by atoms with Crippen LogP contribution >= 0.6 is 0 Å². The summed E-state index contributed by atoms with van der Waals surface area (Å²) in [4.78, 5) is 0. The first-order valence-corrected chi connectivity index (χ1v) is 4.98. The Morgan fingerprint density at radius 1 is 0.846 bits per heavy atom. The molecule has 0 radical (unpaired) electrons. The molecule has 0 spiro atoms. The molecule has 1 fully saturated rings. The Kier molecular flexibility index (Phi) is 3.88. The van der Waals surface area contributed by atoms with Gasteiger partial charge in [0.1, 0.15) is 0 Å². The van der Waals surface area contributed by atoms with E-state index in [0.717, 1.165) is 25.7 Å². The van der Waals surface area contributed by atoms with E-state index in [4.69, 9.17) is 0 Å². The molecule has 0 N–H and O–H groups in total. The molecule has 1 rings (SSSR count). The molecule has 0 unspecified atom stereocenters. The van der Waals surface area contributed by atoms with Crippen LogP contribution in [0.1, 0.15) is 44.9 Å². The third-order valence-electron chi connectivity index (χ3n) is 2.42. The van der Waals surface area contributed by atoms with Gasteiger partial charge in [0.25, 0.3) is 0 Å². The minimum Gasteiger partial charge on any atom is -0.445 e. The fourth-order valence-electron chi connectivity index (χ4n) is 1.79. The summed E-state index contributed by atoms with van der Waals surface area (Å²) in [6.45, 7) is -4.71. The molecule has 76 valence electrons. The van der Waals surface area contributed by atoms with Crippen molar-refractivity contribution in [2.24, 2.45) is 0 Å². The fourth-order valence-corrected chi connectivity index (χ4v) is 1.79. The Morgan fingerprint density at radius 3 is 1.77 bits per heavy atom. The lowest BCUT2D eigenvalue weighted by molar-refractivity contribution is 0.494. The van der Waals surface area contributed by atoms with E-state index >= 15 is 0 Å². The summed E-state index contributed by atoms with van der Waals surface area (Å²) in [7, 11) is 0. The Labute approximate surface area is 77.3 Å². The van der Waals surface area contributed by atoms with E-state index < -0.39 is 6.98 Å². The zero-order chi connectivity index (χ0) is 9.73. The van der Waals surface area contributed by atoms with Gasteiger partial charge in [-0.05, 0) is 25.7 Å². The van der Waals surface area contributed by atoms with Crippen LogP contribution in [0.2, 0.25) is 0 Å². The SMILES string of the molecule is F[B-](F)(F)C=C1CCCCCCC1. The van der Waals surface area contributed by atoms with Crippen molar-refractivity contribution in [1.82, 2.24) is 0 Å².